The molecule has 0 aromatic rings. The van der Waals surface area contributed by atoms with E-state index in [0.717, 1.165) is 12.2 Å². The Balaban J connectivity index is 2.47. The number of carbonyl (C=O) groups is 1. The summed E-state index contributed by atoms with van der Waals surface area (Å²) < 4.78 is 0.623. The van der Waals surface area contributed by atoms with Crippen molar-refractivity contribution in [3.63, 3.8) is 0 Å². The fourth-order valence-corrected chi connectivity index (χ4v) is 1.63. The molecule has 1 heterocycles. The van der Waals surface area contributed by atoms with E-state index in [0.29, 0.717) is 10.7 Å². The summed E-state index contributed by atoms with van der Waals surface area (Å²) in [6, 6.07) is 0. The number of thiocarbonyl (C=S) groups is 1. The van der Waals surface area contributed by atoms with Gasteiger partial charge in [-0.1, -0.05) is 24.0 Å². The number of hydrogen-bond acceptors (Lipinski definition) is 3. The van der Waals surface area contributed by atoms with Gasteiger partial charge in [-0.25, -0.2) is 0 Å². The van der Waals surface area contributed by atoms with Crippen molar-refractivity contribution in [3.8, 4) is 0 Å². The lowest BCUT2D eigenvalue weighted by Gasteiger charge is -1.95. The second kappa shape index (κ2) is 3.17. The Morgan fingerprint density at radius 3 is 3.22 bits per heavy atom. The van der Waals surface area contributed by atoms with E-state index < -0.39 is 0 Å². The van der Waals surface area contributed by atoms with Crippen LogP contribution in [-0.2, 0) is 4.79 Å². The number of hydrogen-bond donors (Lipinski definition) is 1. The van der Waals surface area contributed by atoms with E-state index in [9.17, 15) is 4.79 Å². The van der Waals surface area contributed by atoms with Gasteiger partial charge in [-0.05, 0) is 6.42 Å². The molecule has 0 unspecified atom stereocenters. The molecule has 0 radical (unpaired) electrons. The zero-order chi connectivity index (χ0) is 6.69. The highest BCUT2D eigenvalue weighted by molar-refractivity contribution is 8.23. The first-order valence-electron chi connectivity index (χ1n) is 2.75. The number of thioether (sulfide) groups is 1. The molecule has 1 aliphatic heterocycles. The third-order valence-electron chi connectivity index (χ3n) is 1.02. The van der Waals surface area contributed by atoms with Crippen LogP contribution in [0.3, 0.4) is 0 Å². The Bertz CT molecular complexity index is 130. The van der Waals surface area contributed by atoms with Gasteiger partial charge in [0, 0.05) is 12.2 Å². The van der Waals surface area contributed by atoms with Crippen LogP contribution in [0.15, 0.2) is 0 Å². The van der Waals surface area contributed by atoms with Gasteiger partial charge in [-0.15, -0.1) is 0 Å². The van der Waals surface area contributed by atoms with Crippen LogP contribution in [0, 0.1) is 0 Å². The third-order valence-corrected chi connectivity index (χ3v) is 2.34. The predicted molar refractivity (Wildman–Crippen MR) is 42.4 cm³/mol. The van der Waals surface area contributed by atoms with Crippen LogP contribution >= 0.6 is 24.0 Å². The van der Waals surface area contributed by atoms with E-state index in [1.165, 1.54) is 0 Å². The molecule has 1 fully saturated rings. The van der Waals surface area contributed by atoms with Gasteiger partial charge in [-0.2, -0.15) is 0 Å². The molecule has 0 bridgehead atoms. The third kappa shape index (κ3) is 2.32. The van der Waals surface area contributed by atoms with Crippen molar-refractivity contribution >= 4 is 34.2 Å². The van der Waals surface area contributed by atoms with Crippen molar-refractivity contribution in [2.24, 2.45) is 0 Å². The number of nitrogens with one attached hydrogen (secondary N) is 1. The Morgan fingerprint density at radius 2 is 2.44 bits per heavy atom. The molecular weight excluding hydrogens is 154 g/mol. The first kappa shape index (κ1) is 7.02. The van der Waals surface area contributed by atoms with Crippen molar-refractivity contribution in [1.29, 1.82) is 0 Å². The average Bonchev–Trinajstić information content (AvgIpc) is 1.93. The first-order valence-corrected chi connectivity index (χ1v) is 4.15. The molecule has 0 aromatic carbocycles. The van der Waals surface area contributed by atoms with Crippen LogP contribution in [0.1, 0.15) is 12.8 Å². The quantitative estimate of drug-likeness (QED) is 0.535. The van der Waals surface area contributed by atoms with Crippen molar-refractivity contribution < 1.29 is 4.79 Å². The average molecular weight is 161 g/mol. The lowest BCUT2D eigenvalue weighted by atomic mass is 10.3. The zero-order valence-electron chi connectivity index (χ0n) is 4.85. The Hall–Kier alpha value is -0.0900. The second-order valence-corrected chi connectivity index (χ2v) is 3.56. The molecule has 50 valence electrons. The Kier molecular flexibility index (Phi) is 2.48. The minimum atomic E-state index is 0.0602. The second-order valence-electron chi connectivity index (χ2n) is 1.79. The highest BCUT2D eigenvalue weighted by Gasteiger charge is 2.08. The van der Waals surface area contributed by atoms with Gasteiger partial charge >= 0.3 is 0 Å². The van der Waals surface area contributed by atoms with E-state index in [-0.39, 0.29) is 5.91 Å². The van der Waals surface area contributed by atoms with Crippen LogP contribution in [0.4, 0.5) is 0 Å². The molecule has 0 aliphatic carbocycles. The van der Waals surface area contributed by atoms with Crippen LogP contribution < -0.4 is 5.32 Å². The molecule has 9 heavy (non-hydrogen) atoms. The molecule has 1 N–H and O–H groups in total. The minimum Gasteiger partial charge on any atom is -0.312 e. The highest BCUT2D eigenvalue weighted by atomic mass is 32.2. The molecule has 4 heteroatoms. The maximum atomic E-state index is 10.7. The fourth-order valence-electron chi connectivity index (χ4n) is 0.610. The van der Waals surface area contributed by atoms with Crippen LogP contribution in [0.2, 0.25) is 0 Å². The summed E-state index contributed by atoms with van der Waals surface area (Å²) >= 11 is 6.34. The Morgan fingerprint density at radius 1 is 1.67 bits per heavy atom. The summed E-state index contributed by atoms with van der Waals surface area (Å²) in [6.45, 7) is 0. The predicted octanol–water partition coefficient (Wildman–Crippen LogP) is 0.915. The normalized spacial score (nSPS) is 20.9. The largest absolute Gasteiger partial charge is 0.312 e. The minimum absolute atomic E-state index is 0.0602. The Labute approximate surface area is 63.4 Å². The molecule has 1 amide bonds. The molecular formula is C5H7NOS2. The number of carbonyl (C=O) groups excluding carboxylic acids is 1. The molecule has 1 saturated heterocycles. The smallest absolute Gasteiger partial charge is 0.225 e. The summed E-state index contributed by atoms with van der Waals surface area (Å²) in [7, 11) is 0. The summed E-state index contributed by atoms with van der Waals surface area (Å²) in [5, 5.41) is 2.60. The van der Waals surface area contributed by atoms with Crippen molar-refractivity contribution in [2.45, 2.75) is 12.8 Å². The highest BCUT2D eigenvalue weighted by Crippen LogP contribution is 2.09. The molecule has 0 aromatic heterocycles. The number of amides is 1. The van der Waals surface area contributed by atoms with E-state index in [1.807, 2.05) is 0 Å². The van der Waals surface area contributed by atoms with E-state index in [2.05, 4.69) is 5.32 Å². The van der Waals surface area contributed by atoms with Crippen LogP contribution in [0.5, 0.6) is 0 Å². The summed E-state index contributed by atoms with van der Waals surface area (Å²) in [6.07, 6.45) is 1.56. The molecule has 0 spiro atoms. The van der Waals surface area contributed by atoms with E-state index in [1.54, 1.807) is 11.8 Å². The van der Waals surface area contributed by atoms with E-state index in [4.69, 9.17) is 12.2 Å². The molecule has 1 rings (SSSR count). The summed E-state index contributed by atoms with van der Waals surface area (Å²) in [5.74, 6) is 1.03. The van der Waals surface area contributed by atoms with E-state index >= 15 is 0 Å². The SMILES string of the molecule is O=C1CCCSC(=S)N1. The van der Waals surface area contributed by atoms with Gasteiger partial charge in [0.05, 0.1) is 0 Å². The maximum absolute atomic E-state index is 10.7. The van der Waals surface area contributed by atoms with Gasteiger partial charge in [0.25, 0.3) is 0 Å². The van der Waals surface area contributed by atoms with Gasteiger partial charge in [-0.3, -0.25) is 4.79 Å². The van der Waals surface area contributed by atoms with Crippen LogP contribution in [-0.4, -0.2) is 16.0 Å². The fraction of sp³-hybridized carbons (Fsp3) is 0.600. The lowest BCUT2D eigenvalue weighted by Crippen LogP contribution is -2.24. The van der Waals surface area contributed by atoms with Gasteiger partial charge < -0.3 is 5.32 Å². The summed E-state index contributed by atoms with van der Waals surface area (Å²) in [5.41, 5.74) is 0. The van der Waals surface area contributed by atoms with Gasteiger partial charge in [0.15, 0.2) is 0 Å². The maximum Gasteiger partial charge on any atom is 0.225 e. The molecule has 1 aliphatic rings. The standard InChI is InChI=1S/C5H7NOS2/c7-4-2-1-3-9-5(8)6-4/h1-3H2,(H,6,7,8). The van der Waals surface area contributed by atoms with Crippen molar-refractivity contribution in [2.75, 3.05) is 5.75 Å². The van der Waals surface area contributed by atoms with Crippen LogP contribution in [0.25, 0.3) is 0 Å². The molecule has 0 atom stereocenters. The van der Waals surface area contributed by atoms with Gasteiger partial charge in [0.1, 0.15) is 4.32 Å². The number of rotatable bonds is 0. The van der Waals surface area contributed by atoms with Crippen molar-refractivity contribution in [1.82, 2.24) is 5.32 Å². The van der Waals surface area contributed by atoms with Gasteiger partial charge in [0.2, 0.25) is 5.91 Å². The molecule has 0 saturated carbocycles. The first-order chi connectivity index (χ1) is 4.29. The summed E-state index contributed by atoms with van der Waals surface area (Å²) in [4.78, 5) is 10.7. The monoisotopic (exact) mass is 161 g/mol. The molecule has 2 nitrogen and oxygen atoms in total. The lowest BCUT2D eigenvalue weighted by molar-refractivity contribution is -0.119. The topological polar surface area (TPSA) is 29.1 Å². The van der Waals surface area contributed by atoms with Crippen molar-refractivity contribution in [3.05, 3.63) is 0 Å². The zero-order valence-corrected chi connectivity index (χ0v) is 6.48.